The van der Waals surface area contributed by atoms with Gasteiger partial charge >= 0.3 is 0 Å². The largest absolute Gasteiger partial charge is 0.337 e. The topological polar surface area (TPSA) is 33.1 Å². The van der Waals surface area contributed by atoms with Crippen molar-refractivity contribution in [2.45, 2.75) is 57.2 Å². The monoisotopic (exact) mass is 262 g/mol. The van der Waals surface area contributed by atoms with Crippen molar-refractivity contribution in [1.29, 1.82) is 0 Å². The van der Waals surface area contributed by atoms with Gasteiger partial charge in [0.25, 0.3) is 0 Å². The zero-order chi connectivity index (χ0) is 12.9. The lowest BCUT2D eigenvalue weighted by Crippen LogP contribution is -2.50. The number of imidazole rings is 1. The Hall–Kier alpha value is -0.870. The van der Waals surface area contributed by atoms with Gasteiger partial charge in [-0.15, -0.1) is 0 Å². The molecule has 0 radical (unpaired) electrons. The maximum atomic E-state index is 4.10. The molecule has 2 atom stereocenters. The minimum Gasteiger partial charge on any atom is -0.337 e. The summed E-state index contributed by atoms with van der Waals surface area (Å²) in [5.41, 5.74) is 0. The van der Waals surface area contributed by atoms with Crippen molar-refractivity contribution in [2.24, 2.45) is 0 Å². The van der Waals surface area contributed by atoms with Crippen molar-refractivity contribution >= 4 is 0 Å². The van der Waals surface area contributed by atoms with Gasteiger partial charge in [-0.05, 0) is 45.2 Å². The van der Waals surface area contributed by atoms with Gasteiger partial charge in [-0.25, -0.2) is 4.98 Å². The van der Waals surface area contributed by atoms with Crippen LogP contribution in [0.5, 0.6) is 0 Å². The van der Waals surface area contributed by atoms with E-state index < -0.39 is 0 Å². The first kappa shape index (κ1) is 13.1. The molecule has 2 unspecified atom stereocenters. The number of rotatable bonds is 5. The Balaban J connectivity index is 1.49. The summed E-state index contributed by atoms with van der Waals surface area (Å²) in [5.74, 6) is 0. The Kier molecular flexibility index (Phi) is 4.51. The molecule has 3 heterocycles. The Labute approximate surface area is 116 Å². The fourth-order valence-electron chi connectivity index (χ4n) is 3.67. The number of likely N-dealkylation sites (tertiary alicyclic amines) is 1. The van der Waals surface area contributed by atoms with Crippen LogP contribution in [0.3, 0.4) is 0 Å². The molecule has 0 bridgehead atoms. The third kappa shape index (κ3) is 3.37. The number of nitrogens with zero attached hydrogens (tertiary/aromatic N) is 3. The summed E-state index contributed by atoms with van der Waals surface area (Å²) in [4.78, 5) is 6.84. The third-order valence-corrected chi connectivity index (χ3v) is 4.65. The van der Waals surface area contributed by atoms with Crippen LogP contribution in [0.4, 0.5) is 0 Å². The van der Waals surface area contributed by atoms with Gasteiger partial charge < -0.3 is 9.88 Å². The molecule has 4 heteroatoms. The minimum atomic E-state index is 0.758. The predicted molar refractivity (Wildman–Crippen MR) is 77.1 cm³/mol. The standard InChI is InChI=1S/C15H26N4/c1-2-10-19(11-4-9-18-12-8-16-13-18)15(6-1)14-5-3-7-17-14/h8,12-15,17H,1-7,9-11H2. The predicted octanol–water partition coefficient (Wildman–Crippen LogP) is 1.88. The van der Waals surface area contributed by atoms with Gasteiger partial charge in [0.15, 0.2) is 0 Å². The quantitative estimate of drug-likeness (QED) is 0.879. The molecule has 1 N–H and O–H groups in total. The smallest absolute Gasteiger partial charge is 0.0945 e. The summed E-state index contributed by atoms with van der Waals surface area (Å²) in [6.45, 7) is 4.86. The maximum absolute atomic E-state index is 4.10. The molecule has 2 saturated heterocycles. The van der Waals surface area contributed by atoms with Crippen LogP contribution in [0.2, 0.25) is 0 Å². The van der Waals surface area contributed by atoms with Gasteiger partial charge in [-0.3, -0.25) is 4.90 Å². The number of aryl methyl sites for hydroxylation is 1. The molecule has 0 amide bonds. The zero-order valence-corrected chi connectivity index (χ0v) is 11.8. The first-order chi connectivity index (χ1) is 9.43. The van der Waals surface area contributed by atoms with Gasteiger partial charge in [-0.2, -0.15) is 0 Å². The molecule has 1 aromatic heterocycles. The normalized spacial score (nSPS) is 28.8. The first-order valence-electron chi connectivity index (χ1n) is 7.87. The zero-order valence-electron chi connectivity index (χ0n) is 11.8. The Morgan fingerprint density at radius 2 is 2.16 bits per heavy atom. The molecule has 4 nitrogen and oxygen atoms in total. The van der Waals surface area contributed by atoms with E-state index in [4.69, 9.17) is 0 Å². The lowest BCUT2D eigenvalue weighted by molar-refractivity contribution is 0.117. The Bertz CT molecular complexity index is 356. The Morgan fingerprint density at radius 1 is 1.16 bits per heavy atom. The fourth-order valence-corrected chi connectivity index (χ4v) is 3.67. The molecule has 106 valence electrons. The van der Waals surface area contributed by atoms with Crippen LogP contribution >= 0.6 is 0 Å². The van der Waals surface area contributed by atoms with Gasteiger partial charge in [0.05, 0.1) is 6.33 Å². The number of aromatic nitrogens is 2. The molecule has 0 aliphatic carbocycles. The van der Waals surface area contributed by atoms with Crippen LogP contribution in [0.15, 0.2) is 18.7 Å². The SMILES string of the molecule is c1cn(CCCN2CCCCC2C2CCCN2)cn1. The number of nitrogens with one attached hydrogen (secondary N) is 1. The highest BCUT2D eigenvalue weighted by Crippen LogP contribution is 2.24. The summed E-state index contributed by atoms with van der Waals surface area (Å²) in [6, 6.07) is 1.55. The second-order valence-corrected chi connectivity index (χ2v) is 5.96. The van der Waals surface area contributed by atoms with Gasteiger partial charge in [0, 0.05) is 37.6 Å². The molecular formula is C15H26N4. The molecule has 2 aliphatic heterocycles. The maximum Gasteiger partial charge on any atom is 0.0945 e. The van der Waals surface area contributed by atoms with Gasteiger partial charge in [0.1, 0.15) is 0 Å². The van der Waals surface area contributed by atoms with E-state index in [1.807, 2.05) is 12.5 Å². The van der Waals surface area contributed by atoms with Crippen LogP contribution in [-0.2, 0) is 6.54 Å². The van der Waals surface area contributed by atoms with Crippen LogP contribution in [0, 0.1) is 0 Å². The summed E-state index contributed by atoms with van der Waals surface area (Å²) < 4.78 is 2.19. The third-order valence-electron chi connectivity index (χ3n) is 4.65. The minimum absolute atomic E-state index is 0.758. The summed E-state index contributed by atoms with van der Waals surface area (Å²) in [5, 5.41) is 3.70. The van der Waals surface area contributed by atoms with E-state index in [2.05, 4.69) is 26.0 Å². The van der Waals surface area contributed by atoms with E-state index in [9.17, 15) is 0 Å². The van der Waals surface area contributed by atoms with Crippen LogP contribution < -0.4 is 5.32 Å². The van der Waals surface area contributed by atoms with Crippen molar-refractivity contribution in [1.82, 2.24) is 19.8 Å². The van der Waals surface area contributed by atoms with E-state index >= 15 is 0 Å². The number of hydrogen-bond donors (Lipinski definition) is 1. The number of hydrogen-bond acceptors (Lipinski definition) is 3. The summed E-state index contributed by atoms with van der Waals surface area (Å²) in [6.07, 6.45) is 14.0. The van der Waals surface area contributed by atoms with Crippen molar-refractivity contribution < 1.29 is 0 Å². The summed E-state index contributed by atoms with van der Waals surface area (Å²) >= 11 is 0. The van der Waals surface area contributed by atoms with Gasteiger partial charge in [-0.1, -0.05) is 6.42 Å². The highest BCUT2D eigenvalue weighted by molar-refractivity contribution is 4.90. The number of piperidine rings is 1. The second-order valence-electron chi connectivity index (χ2n) is 5.96. The molecule has 0 aromatic carbocycles. The van der Waals surface area contributed by atoms with E-state index in [0.717, 1.165) is 18.6 Å². The lowest BCUT2D eigenvalue weighted by Gasteiger charge is -2.39. The molecular weight excluding hydrogens is 236 g/mol. The van der Waals surface area contributed by atoms with Crippen molar-refractivity contribution in [3.63, 3.8) is 0 Å². The molecule has 1 aromatic rings. The van der Waals surface area contributed by atoms with Crippen LogP contribution in [-0.4, -0.2) is 46.2 Å². The average Bonchev–Trinajstić information content (AvgIpc) is 3.12. The van der Waals surface area contributed by atoms with E-state index in [1.165, 1.54) is 58.2 Å². The Morgan fingerprint density at radius 3 is 2.95 bits per heavy atom. The fraction of sp³-hybridized carbons (Fsp3) is 0.800. The van der Waals surface area contributed by atoms with Crippen LogP contribution in [0.25, 0.3) is 0 Å². The second kappa shape index (κ2) is 6.53. The summed E-state index contributed by atoms with van der Waals surface area (Å²) in [7, 11) is 0. The molecule has 19 heavy (non-hydrogen) atoms. The van der Waals surface area contributed by atoms with Gasteiger partial charge in [0.2, 0.25) is 0 Å². The highest BCUT2D eigenvalue weighted by atomic mass is 15.2. The van der Waals surface area contributed by atoms with Crippen molar-refractivity contribution in [3.8, 4) is 0 Å². The van der Waals surface area contributed by atoms with Crippen molar-refractivity contribution in [3.05, 3.63) is 18.7 Å². The van der Waals surface area contributed by atoms with E-state index in [0.29, 0.717) is 0 Å². The first-order valence-corrected chi connectivity index (χ1v) is 7.87. The molecule has 3 rings (SSSR count). The molecule has 2 aliphatic rings. The molecule has 0 spiro atoms. The van der Waals surface area contributed by atoms with Crippen LogP contribution in [0.1, 0.15) is 38.5 Å². The lowest BCUT2D eigenvalue weighted by atomic mass is 9.94. The molecule has 0 saturated carbocycles. The van der Waals surface area contributed by atoms with Crippen molar-refractivity contribution in [2.75, 3.05) is 19.6 Å². The molecule has 2 fully saturated rings. The average molecular weight is 262 g/mol. The highest BCUT2D eigenvalue weighted by Gasteiger charge is 2.30. The van der Waals surface area contributed by atoms with E-state index in [1.54, 1.807) is 0 Å². The van der Waals surface area contributed by atoms with E-state index in [-0.39, 0.29) is 0 Å².